The molecule has 0 fully saturated rings. The summed E-state index contributed by atoms with van der Waals surface area (Å²) in [6, 6.07) is 9.03. The van der Waals surface area contributed by atoms with Gasteiger partial charge in [0, 0.05) is 31.5 Å². The first kappa shape index (κ1) is 22.8. The third-order valence-electron chi connectivity index (χ3n) is 4.76. The minimum atomic E-state index is -4.36. The SMILES string of the molecule is CCCCNC(=O)N(CCCC)Cc1cccn1Cc1cccc(C(F)(F)F)c1. The van der Waals surface area contributed by atoms with Gasteiger partial charge in [-0.1, -0.05) is 38.8 Å². The van der Waals surface area contributed by atoms with Crippen LogP contribution < -0.4 is 5.32 Å². The molecule has 2 rings (SSSR count). The number of halogens is 3. The summed E-state index contributed by atoms with van der Waals surface area (Å²) in [4.78, 5) is 14.3. The summed E-state index contributed by atoms with van der Waals surface area (Å²) in [6.07, 6.45) is 1.29. The number of unbranched alkanes of at least 4 members (excludes halogenated alkanes) is 2. The quantitative estimate of drug-likeness (QED) is 0.505. The average Bonchev–Trinajstić information content (AvgIpc) is 3.11. The highest BCUT2D eigenvalue weighted by Crippen LogP contribution is 2.29. The molecule has 0 aliphatic heterocycles. The Balaban J connectivity index is 2.11. The number of nitrogens with zero attached hydrogens (tertiary/aromatic N) is 2. The van der Waals surface area contributed by atoms with Crippen LogP contribution in [0.3, 0.4) is 0 Å². The fourth-order valence-corrected chi connectivity index (χ4v) is 3.07. The topological polar surface area (TPSA) is 37.3 Å². The third-order valence-corrected chi connectivity index (χ3v) is 4.76. The van der Waals surface area contributed by atoms with Gasteiger partial charge in [-0.25, -0.2) is 4.79 Å². The first-order chi connectivity index (χ1) is 13.8. The van der Waals surface area contributed by atoms with Gasteiger partial charge in [-0.15, -0.1) is 0 Å². The zero-order valence-electron chi connectivity index (χ0n) is 17.1. The predicted molar refractivity (Wildman–Crippen MR) is 109 cm³/mol. The first-order valence-electron chi connectivity index (χ1n) is 10.2. The van der Waals surface area contributed by atoms with E-state index in [4.69, 9.17) is 0 Å². The second-order valence-electron chi connectivity index (χ2n) is 7.19. The van der Waals surface area contributed by atoms with Crippen LogP contribution in [0.2, 0.25) is 0 Å². The Morgan fingerprint density at radius 2 is 1.86 bits per heavy atom. The van der Waals surface area contributed by atoms with Gasteiger partial charge in [0.2, 0.25) is 0 Å². The zero-order valence-corrected chi connectivity index (χ0v) is 17.1. The Hall–Kier alpha value is -2.44. The molecule has 1 heterocycles. The van der Waals surface area contributed by atoms with E-state index in [1.54, 1.807) is 11.0 Å². The van der Waals surface area contributed by atoms with Crippen molar-refractivity contribution in [2.24, 2.45) is 0 Å². The van der Waals surface area contributed by atoms with E-state index in [2.05, 4.69) is 19.2 Å². The smallest absolute Gasteiger partial charge is 0.345 e. The number of carbonyl (C=O) groups is 1. The summed E-state index contributed by atoms with van der Waals surface area (Å²) < 4.78 is 40.8. The van der Waals surface area contributed by atoms with Crippen molar-refractivity contribution in [2.75, 3.05) is 13.1 Å². The Morgan fingerprint density at radius 3 is 2.55 bits per heavy atom. The predicted octanol–water partition coefficient (Wildman–Crippen LogP) is 5.67. The van der Waals surface area contributed by atoms with Gasteiger partial charge in [-0.3, -0.25) is 0 Å². The van der Waals surface area contributed by atoms with Crippen LogP contribution in [0.25, 0.3) is 0 Å². The van der Waals surface area contributed by atoms with E-state index in [-0.39, 0.29) is 6.03 Å². The number of benzene rings is 1. The summed E-state index contributed by atoms with van der Waals surface area (Å²) in [6.45, 7) is 6.17. The zero-order chi connectivity index (χ0) is 21.3. The molecular weight excluding hydrogens is 379 g/mol. The van der Waals surface area contributed by atoms with Crippen LogP contribution in [0.4, 0.5) is 18.0 Å². The number of carbonyl (C=O) groups excluding carboxylic acids is 1. The lowest BCUT2D eigenvalue weighted by atomic mass is 10.1. The minimum Gasteiger partial charge on any atom is -0.345 e. The van der Waals surface area contributed by atoms with E-state index in [1.165, 1.54) is 12.1 Å². The third kappa shape index (κ3) is 7.15. The maximum atomic E-state index is 13.0. The summed E-state index contributed by atoms with van der Waals surface area (Å²) in [7, 11) is 0. The highest BCUT2D eigenvalue weighted by Gasteiger charge is 2.30. The van der Waals surface area contributed by atoms with Gasteiger partial charge in [0.1, 0.15) is 0 Å². The lowest BCUT2D eigenvalue weighted by molar-refractivity contribution is -0.137. The molecule has 0 radical (unpaired) electrons. The first-order valence-corrected chi connectivity index (χ1v) is 10.2. The number of alkyl halides is 3. The van der Waals surface area contributed by atoms with Crippen molar-refractivity contribution in [3.8, 4) is 0 Å². The molecule has 0 spiro atoms. The van der Waals surface area contributed by atoms with Crippen molar-refractivity contribution in [1.29, 1.82) is 0 Å². The van der Waals surface area contributed by atoms with Gasteiger partial charge >= 0.3 is 12.2 Å². The number of hydrogen-bond acceptors (Lipinski definition) is 1. The molecule has 2 aromatic rings. The molecule has 4 nitrogen and oxygen atoms in total. The Morgan fingerprint density at radius 1 is 1.10 bits per heavy atom. The normalized spacial score (nSPS) is 11.5. The van der Waals surface area contributed by atoms with Crippen molar-refractivity contribution in [2.45, 2.75) is 58.8 Å². The number of hydrogen-bond donors (Lipinski definition) is 1. The second-order valence-corrected chi connectivity index (χ2v) is 7.19. The van der Waals surface area contributed by atoms with Crippen LogP contribution in [0, 0.1) is 0 Å². The Bertz CT molecular complexity index is 771. The maximum absolute atomic E-state index is 13.0. The van der Waals surface area contributed by atoms with E-state index >= 15 is 0 Å². The summed E-state index contributed by atoms with van der Waals surface area (Å²) in [5.74, 6) is 0. The van der Waals surface area contributed by atoms with E-state index in [1.807, 2.05) is 22.9 Å². The van der Waals surface area contributed by atoms with Gasteiger partial charge in [-0.2, -0.15) is 13.2 Å². The molecule has 0 unspecified atom stereocenters. The molecule has 1 aromatic heterocycles. The molecule has 0 aliphatic carbocycles. The molecule has 1 aromatic carbocycles. The number of amides is 2. The van der Waals surface area contributed by atoms with E-state index in [0.29, 0.717) is 31.7 Å². The molecule has 0 aliphatic rings. The highest BCUT2D eigenvalue weighted by atomic mass is 19.4. The van der Waals surface area contributed by atoms with Gasteiger partial charge in [0.15, 0.2) is 0 Å². The van der Waals surface area contributed by atoms with E-state index in [0.717, 1.165) is 37.4 Å². The maximum Gasteiger partial charge on any atom is 0.416 e. The van der Waals surface area contributed by atoms with Gasteiger partial charge in [-0.05, 0) is 42.7 Å². The molecule has 0 saturated heterocycles. The number of aromatic nitrogens is 1. The van der Waals surface area contributed by atoms with E-state index < -0.39 is 11.7 Å². The van der Waals surface area contributed by atoms with Crippen LogP contribution in [-0.4, -0.2) is 28.6 Å². The van der Waals surface area contributed by atoms with Crippen molar-refractivity contribution >= 4 is 6.03 Å². The number of urea groups is 1. The van der Waals surface area contributed by atoms with Crippen LogP contribution in [0.5, 0.6) is 0 Å². The number of rotatable bonds is 10. The fourth-order valence-electron chi connectivity index (χ4n) is 3.07. The van der Waals surface area contributed by atoms with Gasteiger partial charge in [0.05, 0.1) is 12.1 Å². The summed E-state index contributed by atoms with van der Waals surface area (Å²) in [5, 5.41) is 2.95. The van der Waals surface area contributed by atoms with Crippen LogP contribution in [-0.2, 0) is 19.3 Å². The molecule has 1 N–H and O–H groups in total. The van der Waals surface area contributed by atoms with Crippen LogP contribution in [0.15, 0.2) is 42.6 Å². The molecule has 0 atom stereocenters. The molecule has 29 heavy (non-hydrogen) atoms. The van der Waals surface area contributed by atoms with Crippen LogP contribution in [0.1, 0.15) is 56.4 Å². The molecule has 0 saturated carbocycles. The molecule has 160 valence electrons. The lowest BCUT2D eigenvalue weighted by Crippen LogP contribution is -2.40. The highest BCUT2D eigenvalue weighted by molar-refractivity contribution is 5.74. The summed E-state index contributed by atoms with van der Waals surface area (Å²) >= 11 is 0. The molecule has 7 heteroatoms. The molecule has 0 bridgehead atoms. The van der Waals surface area contributed by atoms with Crippen molar-refractivity contribution in [3.05, 3.63) is 59.4 Å². The largest absolute Gasteiger partial charge is 0.416 e. The van der Waals surface area contributed by atoms with Crippen LogP contribution >= 0.6 is 0 Å². The molecule has 2 amide bonds. The standard InChI is InChI=1S/C22H30F3N3O/c1-3-5-12-26-21(29)28(13-6-4-2)17-20-11-8-14-27(20)16-18-9-7-10-19(15-18)22(23,24)25/h7-11,14-15H,3-6,12-13,16-17H2,1-2H3,(H,26,29). The fraction of sp³-hybridized carbons (Fsp3) is 0.500. The lowest BCUT2D eigenvalue weighted by Gasteiger charge is -2.24. The van der Waals surface area contributed by atoms with Crippen molar-refractivity contribution < 1.29 is 18.0 Å². The van der Waals surface area contributed by atoms with E-state index in [9.17, 15) is 18.0 Å². The van der Waals surface area contributed by atoms with Gasteiger partial charge in [0.25, 0.3) is 0 Å². The molecular formula is C22H30F3N3O. The Kier molecular flexibility index (Phi) is 8.61. The number of nitrogens with one attached hydrogen (secondary N) is 1. The van der Waals surface area contributed by atoms with Crippen molar-refractivity contribution in [1.82, 2.24) is 14.8 Å². The summed E-state index contributed by atoms with van der Waals surface area (Å²) in [5.41, 5.74) is 0.817. The van der Waals surface area contributed by atoms with Gasteiger partial charge < -0.3 is 14.8 Å². The average molecular weight is 409 g/mol. The minimum absolute atomic E-state index is 0.0984. The second kappa shape index (κ2) is 10.9. The Labute approximate surface area is 170 Å². The monoisotopic (exact) mass is 409 g/mol. The van der Waals surface area contributed by atoms with Crippen molar-refractivity contribution in [3.63, 3.8) is 0 Å².